The fourth-order valence-corrected chi connectivity index (χ4v) is 12.8. The highest BCUT2D eigenvalue weighted by Gasteiger charge is 2.45. The van der Waals surface area contributed by atoms with Gasteiger partial charge in [-0.3, -0.25) is 4.99 Å². The number of rotatable bonds is 6. The molecule has 0 bridgehead atoms. The van der Waals surface area contributed by atoms with Crippen LogP contribution in [0.5, 0.6) is 0 Å². The summed E-state index contributed by atoms with van der Waals surface area (Å²) in [4.78, 5) is 5.32. The van der Waals surface area contributed by atoms with Gasteiger partial charge >= 0.3 is 0 Å². The fraction of sp³-hybridized carbons (Fsp3) is 0.299. The van der Waals surface area contributed by atoms with Crippen molar-refractivity contribution in [1.29, 1.82) is 0 Å². The van der Waals surface area contributed by atoms with E-state index < -0.39 is 0 Å². The van der Waals surface area contributed by atoms with E-state index in [0.717, 1.165) is 12.1 Å². The monoisotopic (exact) mass is 888 g/mol. The van der Waals surface area contributed by atoms with Gasteiger partial charge in [-0.25, -0.2) is 0 Å². The van der Waals surface area contributed by atoms with Crippen LogP contribution in [0.25, 0.3) is 66.1 Å². The molecule has 8 aromatic rings. The van der Waals surface area contributed by atoms with Crippen LogP contribution in [0.1, 0.15) is 152 Å². The number of nitrogens with zero attached hydrogens (tertiary/aromatic N) is 1. The number of hydrogen-bond acceptors (Lipinski definition) is 1. The summed E-state index contributed by atoms with van der Waals surface area (Å²) in [7, 11) is 0. The van der Waals surface area contributed by atoms with E-state index in [1.54, 1.807) is 16.7 Å². The van der Waals surface area contributed by atoms with E-state index in [1.807, 2.05) is 20.8 Å². The van der Waals surface area contributed by atoms with Crippen LogP contribution in [0, 0.1) is 0 Å². The van der Waals surface area contributed by atoms with Crippen LogP contribution in [0.4, 0.5) is 0 Å². The molecule has 1 nitrogen and oxygen atoms in total. The molecule has 0 heterocycles. The lowest BCUT2D eigenvalue weighted by Gasteiger charge is -2.36. The summed E-state index contributed by atoms with van der Waals surface area (Å²) in [6.07, 6.45) is 13.9. The summed E-state index contributed by atoms with van der Waals surface area (Å²) in [5, 5.41) is 5.28. The van der Waals surface area contributed by atoms with Crippen molar-refractivity contribution in [3.05, 3.63) is 203 Å². The summed E-state index contributed by atoms with van der Waals surface area (Å²) in [5.74, 6) is 0. The van der Waals surface area contributed by atoms with Crippen molar-refractivity contribution in [2.75, 3.05) is 0 Å². The number of benzene rings is 8. The zero-order chi connectivity index (χ0) is 47.0. The fourth-order valence-electron chi connectivity index (χ4n) is 12.8. The second-order valence-corrected chi connectivity index (χ2v) is 20.1. The molecule has 1 heteroatoms. The predicted octanol–water partition coefficient (Wildman–Crippen LogP) is 19.4. The Kier molecular flexibility index (Phi) is 12.7. The standard InChI is InChI=1S/C60H53N.C5H10.C2H6/c1-39(41-18-6-3-7-19-41)61-40(2)42-26-31-51-52(36-42)58(44-28-30-48-46-21-11-13-25-54(46)60(56(48)38-44)34-16-5-17-35-60)50-23-9-8-22-49(50)57(51)43-27-29-47-45-20-10-12-24-53(45)59(55(47)37-43)32-14-4-15-33-59;1-4-5(2)3;1-2/h3,6-13,18-31,36-38,40H,4-5,14-17,32-35H2,1-2H3;2,4H2,1,3H3;1-2H3. The minimum Gasteiger partial charge on any atom is -0.282 e. The summed E-state index contributed by atoms with van der Waals surface area (Å²) < 4.78 is 0. The molecule has 0 radical (unpaired) electrons. The maximum absolute atomic E-state index is 5.32. The van der Waals surface area contributed by atoms with E-state index in [2.05, 4.69) is 185 Å². The zero-order valence-electron chi connectivity index (χ0n) is 41.5. The minimum atomic E-state index is -0.00272. The lowest BCUT2D eigenvalue weighted by atomic mass is 9.67. The van der Waals surface area contributed by atoms with Gasteiger partial charge in [0, 0.05) is 16.5 Å². The second kappa shape index (κ2) is 19.0. The third-order valence-corrected chi connectivity index (χ3v) is 16.2. The SMILES string of the molecule is C=C(C)CC.CC.CC(=NC(C)c1ccc2c(-c3ccc4c(c3)C3(CCCCC3)c3ccccc3-4)c3ccccc3c(-c3ccc4c(c3)C3(CCCCC3)c3ccccc3-4)c2c1)c1ccccc1. The maximum Gasteiger partial charge on any atom is 0.0724 e. The Balaban J connectivity index is 0.000000726. The molecule has 0 aromatic heterocycles. The topological polar surface area (TPSA) is 12.4 Å². The lowest BCUT2D eigenvalue weighted by Crippen LogP contribution is -2.28. The molecule has 8 aromatic carbocycles. The van der Waals surface area contributed by atoms with E-state index >= 15 is 0 Å². The molecule has 4 aliphatic rings. The number of fused-ring (bicyclic) bond motifs is 12. The van der Waals surface area contributed by atoms with Crippen molar-refractivity contribution in [3.63, 3.8) is 0 Å². The highest BCUT2D eigenvalue weighted by Crippen LogP contribution is 2.59. The quantitative estimate of drug-likeness (QED) is 0.0896. The predicted molar refractivity (Wildman–Crippen MR) is 294 cm³/mol. The third-order valence-electron chi connectivity index (χ3n) is 16.2. The molecular formula is C67H69N. The highest BCUT2D eigenvalue weighted by atomic mass is 14.8. The lowest BCUT2D eigenvalue weighted by molar-refractivity contribution is 0.353. The van der Waals surface area contributed by atoms with Crippen LogP contribution in [-0.2, 0) is 10.8 Å². The summed E-state index contributed by atoms with van der Waals surface area (Å²) >= 11 is 0. The first-order valence-corrected chi connectivity index (χ1v) is 26.0. The molecule has 0 aliphatic heterocycles. The van der Waals surface area contributed by atoms with Crippen LogP contribution in [-0.4, -0.2) is 5.71 Å². The molecule has 2 spiro atoms. The molecule has 0 saturated heterocycles. The Morgan fingerprint density at radius 3 is 1.41 bits per heavy atom. The minimum absolute atomic E-state index is 0.00272. The Hall–Kier alpha value is -6.31. The van der Waals surface area contributed by atoms with Crippen LogP contribution >= 0.6 is 0 Å². The summed E-state index contributed by atoms with van der Waals surface area (Å²) in [6.45, 7) is 16.2. The van der Waals surface area contributed by atoms with Crippen LogP contribution in [0.2, 0.25) is 0 Å². The van der Waals surface area contributed by atoms with Gasteiger partial charge in [0.1, 0.15) is 0 Å². The second-order valence-electron chi connectivity index (χ2n) is 20.1. The van der Waals surface area contributed by atoms with Gasteiger partial charge in [-0.15, -0.1) is 6.58 Å². The molecule has 1 unspecified atom stereocenters. The van der Waals surface area contributed by atoms with Gasteiger partial charge in [0.25, 0.3) is 0 Å². The average Bonchev–Trinajstić information content (AvgIpc) is 3.81. The van der Waals surface area contributed by atoms with Gasteiger partial charge in [-0.05, 0) is 171 Å². The molecule has 0 amide bonds. The largest absolute Gasteiger partial charge is 0.282 e. The van der Waals surface area contributed by atoms with E-state index in [-0.39, 0.29) is 16.9 Å². The zero-order valence-corrected chi connectivity index (χ0v) is 41.5. The smallest absolute Gasteiger partial charge is 0.0724 e. The molecule has 1 atom stereocenters. The molecule has 4 aliphatic carbocycles. The van der Waals surface area contributed by atoms with Crippen molar-refractivity contribution in [3.8, 4) is 44.5 Å². The molecule has 342 valence electrons. The number of aliphatic imine (C=N–C) groups is 1. The van der Waals surface area contributed by atoms with Crippen LogP contribution < -0.4 is 0 Å². The van der Waals surface area contributed by atoms with Gasteiger partial charge in [-0.1, -0.05) is 204 Å². The van der Waals surface area contributed by atoms with Crippen LogP contribution in [0.15, 0.2) is 175 Å². The van der Waals surface area contributed by atoms with Crippen molar-refractivity contribution < 1.29 is 0 Å². The Bertz CT molecular complexity index is 3180. The van der Waals surface area contributed by atoms with E-state index in [4.69, 9.17) is 4.99 Å². The van der Waals surface area contributed by atoms with Gasteiger partial charge in [0.05, 0.1) is 6.04 Å². The van der Waals surface area contributed by atoms with Crippen molar-refractivity contribution in [2.24, 2.45) is 4.99 Å². The first-order valence-electron chi connectivity index (χ1n) is 26.0. The van der Waals surface area contributed by atoms with Gasteiger partial charge in [-0.2, -0.15) is 0 Å². The Morgan fingerprint density at radius 1 is 0.485 bits per heavy atom. The van der Waals surface area contributed by atoms with E-state index in [9.17, 15) is 0 Å². The maximum atomic E-state index is 5.32. The van der Waals surface area contributed by atoms with Crippen molar-refractivity contribution in [1.82, 2.24) is 0 Å². The van der Waals surface area contributed by atoms with Gasteiger partial charge < -0.3 is 0 Å². The Morgan fingerprint density at radius 2 is 0.912 bits per heavy atom. The highest BCUT2D eigenvalue weighted by molar-refractivity contribution is 6.22. The average molecular weight is 888 g/mol. The van der Waals surface area contributed by atoms with Gasteiger partial charge in [0.15, 0.2) is 0 Å². The van der Waals surface area contributed by atoms with E-state index in [1.165, 1.54) is 153 Å². The summed E-state index contributed by atoms with van der Waals surface area (Å²) in [6, 6.07) is 60.8. The normalized spacial score (nSPS) is 16.5. The molecule has 68 heavy (non-hydrogen) atoms. The van der Waals surface area contributed by atoms with Crippen LogP contribution in [0.3, 0.4) is 0 Å². The summed E-state index contributed by atoms with van der Waals surface area (Å²) in [5.41, 5.74) is 22.2. The number of allylic oxidation sites excluding steroid dienone is 1. The number of hydrogen-bond donors (Lipinski definition) is 0. The van der Waals surface area contributed by atoms with Crippen molar-refractivity contribution >= 4 is 27.3 Å². The molecule has 0 N–H and O–H groups in total. The first-order chi connectivity index (χ1) is 33.3. The molecular weight excluding hydrogens is 819 g/mol. The van der Waals surface area contributed by atoms with Crippen molar-refractivity contribution in [2.45, 2.75) is 129 Å². The van der Waals surface area contributed by atoms with Gasteiger partial charge in [0.2, 0.25) is 0 Å². The van der Waals surface area contributed by atoms with E-state index in [0.29, 0.717) is 0 Å². The molecule has 2 saturated carbocycles. The first kappa shape index (κ1) is 45.5. The molecule has 12 rings (SSSR count). The third kappa shape index (κ3) is 7.67. The molecule has 2 fully saturated rings. The Labute approximate surface area is 407 Å².